The molecule has 0 spiro atoms. The SMILES string of the molecule is Cc1ccc(-n2c(SCc3nc4ccccc4[nH]3)nnc2-c2ccc(Cl)cc2)cc1. The maximum absolute atomic E-state index is 6.07. The Kier molecular flexibility index (Phi) is 5.02. The molecular formula is C23H18ClN5S. The Balaban J connectivity index is 1.52. The average Bonchev–Trinajstić information content (AvgIpc) is 3.37. The van der Waals surface area contributed by atoms with Crippen molar-refractivity contribution in [1.82, 2.24) is 24.7 Å². The van der Waals surface area contributed by atoms with E-state index in [1.54, 1.807) is 11.8 Å². The van der Waals surface area contributed by atoms with Crippen molar-refractivity contribution in [1.29, 1.82) is 0 Å². The largest absolute Gasteiger partial charge is 0.341 e. The van der Waals surface area contributed by atoms with Gasteiger partial charge in [-0.3, -0.25) is 4.57 Å². The van der Waals surface area contributed by atoms with Crippen LogP contribution in [0.2, 0.25) is 5.02 Å². The molecule has 0 atom stereocenters. The van der Waals surface area contributed by atoms with E-state index in [0.29, 0.717) is 10.8 Å². The van der Waals surface area contributed by atoms with Gasteiger partial charge in [-0.05, 0) is 55.5 Å². The lowest BCUT2D eigenvalue weighted by Gasteiger charge is -2.10. The summed E-state index contributed by atoms with van der Waals surface area (Å²) < 4.78 is 2.08. The molecule has 30 heavy (non-hydrogen) atoms. The molecular weight excluding hydrogens is 414 g/mol. The first-order valence-electron chi connectivity index (χ1n) is 9.52. The van der Waals surface area contributed by atoms with Crippen LogP contribution in [0.4, 0.5) is 0 Å². The second-order valence-corrected chi connectivity index (χ2v) is 8.35. The van der Waals surface area contributed by atoms with Crippen molar-refractivity contribution in [2.45, 2.75) is 17.8 Å². The van der Waals surface area contributed by atoms with Gasteiger partial charge in [0.1, 0.15) is 5.82 Å². The number of halogens is 1. The smallest absolute Gasteiger partial charge is 0.196 e. The summed E-state index contributed by atoms with van der Waals surface area (Å²) in [5.74, 6) is 2.36. The molecule has 0 aliphatic heterocycles. The number of para-hydroxylation sites is 2. The van der Waals surface area contributed by atoms with Gasteiger partial charge in [0.25, 0.3) is 0 Å². The zero-order valence-corrected chi connectivity index (χ0v) is 17.8. The first kappa shape index (κ1) is 18.9. The second kappa shape index (κ2) is 7.97. The van der Waals surface area contributed by atoms with Crippen LogP contribution < -0.4 is 0 Å². The van der Waals surface area contributed by atoms with Crippen LogP contribution >= 0.6 is 23.4 Å². The molecule has 1 N–H and O–H groups in total. The molecule has 3 aromatic carbocycles. The highest BCUT2D eigenvalue weighted by Crippen LogP contribution is 2.30. The molecule has 0 aliphatic rings. The number of aryl methyl sites for hydroxylation is 1. The number of fused-ring (bicyclic) bond motifs is 1. The quantitative estimate of drug-likeness (QED) is 0.343. The van der Waals surface area contributed by atoms with Gasteiger partial charge in [-0.15, -0.1) is 10.2 Å². The molecule has 0 unspecified atom stereocenters. The third-order valence-corrected chi connectivity index (χ3v) is 6.00. The number of hydrogen-bond donors (Lipinski definition) is 1. The Hall–Kier alpha value is -3.09. The number of rotatable bonds is 5. The fraction of sp³-hybridized carbons (Fsp3) is 0.0870. The van der Waals surface area contributed by atoms with E-state index in [1.165, 1.54) is 5.56 Å². The lowest BCUT2D eigenvalue weighted by atomic mass is 10.2. The minimum absolute atomic E-state index is 0.666. The number of thioether (sulfide) groups is 1. The van der Waals surface area contributed by atoms with Gasteiger partial charge in [-0.25, -0.2) is 4.98 Å². The molecule has 148 valence electrons. The standard InChI is InChI=1S/C23H18ClN5S/c1-15-6-12-18(13-7-15)29-22(16-8-10-17(24)11-9-16)27-28-23(29)30-14-21-25-19-4-2-3-5-20(19)26-21/h2-13H,14H2,1H3,(H,25,26). The Morgan fingerprint density at radius 3 is 2.47 bits per heavy atom. The van der Waals surface area contributed by atoms with Gasteiger partial charge in [0, 0.05) is 16.3 Å². The summed E-state index contributed by atoms with van der Waals surface area (Å²) in [7, 11) is 0. The third kappa shape index (κ3) is 3.72. The van der Waals surface area contributed by atoms with Crippen LogP contribution in [0.15, 0.2) is 78.0 Å². The van der Waals surface area contributed by atoms with E-state index in [4.69, 9.17) is 11.6 Å². The van der Waals surface area contributed by atoms with Gasteiger partial charge in [-0.2, -0.15) is 0 Å². The predicted molar refractivity (Wildman–Crippen MR) is 122 cm³/mol. The van der Waals surface area contributed by atoms with Crippen molar-refractivity contribution in [2.24, 2.45) is 0 Å². The number of nitrogens with one attached hydrogen (secondary N) is 1. The number of H-pyrrole nitrogens is 1. The normalized spacial score (nSPS) is 11.3. The van der Waals surface area contributed by atoms with Crippen LogP contribution in [-0.2, 0) is 5.75 Å². The van der Waals surface area contributed by atoms with E-state index >= 15 is 0 Å². The topological polar surface area (TPSA) is 59.4 Å². The zero-order chi connectivity index (χ0) is 20.5. The lowest BCUT2D eigenvalue weighted by molar-refractivity contribution is 0.884. The van der Waals surface area contributed by atoms with Crippen LogP contribution in [0.3, 0.4) is 0 Å². The Morgan fingerprint density at radius 1 is 0.933 bits per heavy atom. The van der Waals surface area contributed by atoms with Crippen molar-refractivity contribution in [3.8, 4) is 17.1 Å². The Labute approximate surface area is 183 Å². The predicted octanol–water partition coefficient (Wildman–Crippen LogP) is 6.06. The average molecular weight is 432 g/mol. The molecule has 0 fully saturated rings. The summed E-state index contributed by atoms with van der Waals surface area (Å²) in [6.45, 7) is 2.08. The maximum atomic E-state index is 6.07. The lowest BCUT2D eigenvalue weighted by Crippen LogP contribution is -2.00. The monoisotopic (exact) mass is 431 g/mol. The molecule has 0 bridgehead atoms. The van der Waals surface area contributed by atoms with Crippen molar-refractivity contribution >= 4 is 34.4 Å². The van der Waals surface area contributed by atoms with Crippen LogP contribution in [0.1, 0.15) is 11.4 Å². The van der Waals surface area contributed by atoms with Gasteiger partial charge < -0.3 is 4.98 Å². The first-order chi connectivity index (χ1) is 14.7. The van der Waals surface area contributed by atoms with Crippen LogP contribution in [0.25, 0.3) is 28.1 Å². The molecule has 5 nitrogen and oxygen atoms in total. The zero-order valence-electron chi connectivity index (χ0n) is 16.2. The van der Waals surface area contributed by atoms with Gasteiger partial charge >= 0.3 is 0 Å². The van der Waals surface area contributed by atoms with E-state index in [2.05, 4.69) is 55.9 Å². The molecule has 0 aliphatic carbocycles. The minimum atomic E-state index is 0.666. The second-order valence-electron chi connectivity index (χ2n) is 6.97. The fourth-order valence-corrected chi connectivity index (χ4v) is 4.23. The van der Waals surface area contributed by atoms with Crippen molar-refractivity contribution in [3.05, 3.63) is 89.2 Å². The Bertz CT molecular complexity index is 1270. The van der Waals surface area contributed by atoms with E-state index in [9.17, 15) is 0 Å². The van der Waals surface area contributed by atoms with Gasteiger partial charge in [0.2, 0.25) is 0 Å². The molecule has 5 rings (SSSR count). The third-order valence-electron chi connectivity index (χ3n) is 4.80. The molecule has 2 aromatic heterocycles. The summed E-state index contributed by atoms with van der Waals surface area (Å²) in [4.78, 5) is 8.04. The number of aromatic amines is 1. The van der Waals surface area contributed by atoms with Crippen molar-refractivity contribution in [3.63, 3.8) is 0 Å². The van der Waals surface area contributed by atoms with Crippen molar-refractivity contribution < 1.29 is 0 Å². The van der Waals surface area contributed by atoms with E-state index in [1.807, 2.05) is 48.5 Å². The molecule has 0 saturated heterocycles. The van der Waals surface area contributed by atoms with Crippen LogP contribution in [0, 0.1) is 6.92 Å². The van der Waals surface area contributed by atoms with E-state index < -0.39 is 0 Å². The highest BCUT2D eigenvalue weighted by atomic mass is 35.5. The van der Waals surface area contributed by atoms with E-state index in [-0.39, 0.29) is 0 Å². The van der Waals surface area contributed by atoms with E-state index in [0.717, 1.165) is 39.1 Å². The van der Waals surface area contributed by atoms with Crippen LogP contribution in [-0.4, -0.2) is 24.7 Å². The number of imidazole rings is 1. The summed E-state index contributed by atoms with van der Waals surface area (Å²) in [5.41, 5.74) is 5.19. The number of aromatic nitrogens is 5. The summed E-state index contributed by atoms with van der Waals surface area (Å²) in [6.07, 6.45) is 0. The molecule has 7 heteroatoms. The highest BCUT2D eigenvalue weighted by Gasteiger charge is 2.17. The number of hydrogen-bond acceptors (Lipinski definition) is 4. The fourth-order valence-electron chi connectivity index (χ4n) is 3.28. The summed E-state index contributed by atoms with van der Waals surface area (Å²) >= 11 is 7.67. The first-order valence-corrected chi connectivity index (χ1v) is 10.9. The molecule has 0 amide bonds. The van der Waals surface area contributed by atoms with Crippen LogP contribution in [0.5, 0.6) is 0 Å². The highest BCUT2D eigenvalue weighted by molar-refractivity contribution is 7.98. The molecule has 0 saturated carbocycles. The maximum Gasteiger partial charge on any atom is 0.196 e. The summed E-state index contributed by atoms with van der Waals surface area (Å²) in [5, 5.41) is 10.5. The number of nitrogens with zero attached hydrogens (tertiary/aromatic N) is 4. The minimum Gasteiger partial charge on any atom is -0.341 e. The van der Waals surface area contributed by atoms with Crippen molar-refractivity contribution in [2.75, 3.05) is 0 Å². The molecule has 2 heterocycles. The summed E-state index contributed by atoms with van der Waals surface area (Å²) in [6, 6.07) is 24.1. The van der Waals surface area contributed by atoms with Gasteiger partial charge in [0.15, 0.2) is 11.0 Å². The molecule has 5 aromatic rings. The number of benzene rings is 3. The van der Waals surface area contributed by atoms with Gasteiger partial charge in [0.05, 0.1) is 16.8 Å². The Morgan fingerprint density at radius 2 is 1.70 bits per heavy atom. The van der Waals surface area contributed by atoms with Gasteiger partial charge in [-0.1, -0.05) is 53.2 Å². The molecule has 0 radical (unpaired) electrons.